The summed E-state index contributed by atoms with van der Waals surface area (Å²) in [7, 11) is 0. The summed E-state index contributed by atoms with van der Waals surface area (Å²) in [5.74, 6) is 0.549. The first-order chi connectivity index (χ1) is 16.2. The van der Waals surface area contributed by atoms with Crippen molar-refractivity contribution in [2.75, 3.05) is 26.3 Å². The molecule has 0 unspecified atom stereocenters. The van der Waals surface area contributed by atoms with Gasteiger partial charge < -0.3 is 9.64 Å². The van der Waals surface area contributed by atoms with Gasteiger partial charge in [-0.1, -0.05) is 66.7 Å². The van der Waals surface area contributed by atoms with Crippen molar-refractivity contribution in [3.05, 3.63) is 101 Å². The van der Waals surface area contributed by atoms with E-state index in [0.29, 0.717) is 13.2 Å². The quantitative estimate of drug-likeness (QED) is 0.553. The third-order valence-electron chi connectivity index (χ3n) is 7.27. The van der Waals surface area contributed by atoms with Crippen LogP contribution < -0.4 is 0 Å². The molecule has 0 spiro atoms. The van der Waals surface area contributed by atoms with Gasteiger partial charge in [0.2, 0.25) is 5.91 Å². The van der Waals surface area contributed by atoms with Crippen LogP contribution in [-0.2, 0) is 21.4 Å². The molecule has 170 valence electrons. The first kappa shape index (κ1) is 21.8. The normalized spacial score (nSPS) is 20.4. The molecular formula is C29H32N2O2. The van der Waals surface area contributed by atoms with Gasteiger partial charge >= 0.3 is 0 Å². The molecule has 2 saturated heterocycles. The van der Waals surface area contributed by atoms with Gasteiger partial charge in [0.1, 0.15) is 0 Å². The number of carbonyl (C=O) groups excluding carboxylic acids is 1. The van der Waals surface area contributed by atoms with Crippen molar-refractivity contribution >= 4 is 5.91 Å². The van der Waals surface area contributed by atoms with E-state index in [1.54, 1.807) is 0 Å². The number of hydrogen-bond acceptors (Lipinski definition) is 3. The minimum absolute atomic E-state index is 0.266. The predicted octanol–water partition coefficient (Wildman–Crippen LogP) is 5.13. The van der Waals surface area contributed by atoms with Crippen molar-refractivity contribution in [2.45, 2.75) is 43.4 Å². The van der Waals surface area contributed by atoms with Crippen LogP contribution >= 0.6 is 0 Å². The van der Waals surface area contributed by atoms with Crippen LogP contribution in [-0.4, -0.2) is 42.1 Å². The molecule has 0 bridgehead atoms. The molecule has 5 rings (SSSR count). The third-order valence-corrected chi connectivity index (χ3v) is 7.27. The molecular weight excluding hydrogens is 408 g/mol. The molecule has 0 N–H and O–H groups in total. The summed E-state index contributed by atoms with van der Waals surface area (Å²) >= 11 is 0. The lowest BCUT2D eigenvalue weighted by atomic mass is 9.72. The Morgan fingerprint density at radius 1 is 0.939 bits per heavy atom. The summed E-state index contributed by atoms with van der Waals surface area (Å²) in [6.07, 6.45) is 4.43. The van der Waals surface area contributed by atoms with Crippen LogP contribution in [0.25, 0.3) is 0 Å². The van der Waals surface area contributed by atoms with Gasteiger partial charge in [-0.3, -0.25) is 9.78 Å². The van der Waals surface area contributed by atoms with Gasteiger partial charge in [0.25, 0.3) is 0 Å². The van der Waals surface area contributed by atoms with Crippen molar-refractivity contribution in [3.63, 3.8) is 0 Å². The highest BCUT2D eigenvalue weighted by Crippen LogP contribution is 2.38. The first-order valence-corrected chi connectivity index (χ1v) is 12.2. The largest absolute Gasteiger partial charge is 0.381 e. The van der Waals surface area contributed by atoms with Crippen LogP contribution in [0.15, 0.2) is 78.9 Å². The number of nitrogens with zero attached hydrogens (tertiary/aromatic N) is 2. The average molecular weight is 441 g/mol. The fraction of sp³-hybridized carbons (Fsp3) is 0.379. The summed E-state index contributed by atoms with van der Waals surface area (Å²) in [5.41, 5.74) is 4.13. The number of carbonyl (C=O) groups is 1. The molecule has 2 fully saturated rings. The predicted molar refractivity (Wildman–Crippen MR) is 130 cm³/mol. The fourth-order valence-corrected chi connectivity index (χ4v) is 5.44. The van der Waals surface area contributed by atoms with Crippen LogP contribution in [0.2, 0.25) is 0 Å². The zero-order valence-corrected chi connectivity index (χ0v) is 19.2. The molecule has 0 radical (unpaired) electrons. The Balaban J connectivity index is 1.35. The highest BCUT2D eigenvalue weighted by molar-refractivity contribution is 5.88. The van der Waals surface area contributed by atoms with Crippen molar-refractivity contribution in [3.8, 4) is 0 Å². The van der Waals surface area contributed by atoms with Crippen LogP contribution in [0, 0.1) is 0 Å². The average Bonchev–Trinajstić information content (AvgIpc) is 2.90. The van der Waals surface area contributed by atoms with Crippen molar-refractivity contribution in [1.29, 1.82) is 0 Å². The Morgan fingerprint density at radius 2 is 1.67 bits per heavy atom. The summed E-state index contributed by atoms with van der Waals surface area (Å²) in [5, 5.41) is 0. The van der Waals surface area contributed by atoms with Crippen molar-refractivity contribution in [2.24, 2.45) is 0 Å². The Labute approximate surface area is 196 Å². The number of benzene rings is 2. The Hall–Kier alpha value is -2.98. The minimum atomic E-state index is -0.468. The molecule has 3 aromatic rings. The van der Waals surface area contributed by atoms with E-state index >= 15 is 0 Å². The van der Waals surface area contributed by atoms with Crippen LogP contribution in [0.1, 0.15) is 54.1 Å². The monoisotopic (exact) mass is 440 g/mol. The minimum Gasteiger partial charge on any atom is -0.381 e. The summed E-state index contributed by atoms with van der Waals surface area (Å²) in [6.45, 7) is 2.85. The lowest BCUT2D eigenvalue weighted by molar-refractivity contribution is -0.142. The van der Waals surface area contributed by atoms with E-state index in [2.05, 4.69) is 59.5 Å². The van der Waals surface area contributed by atoms with Gasteiger partial charge in [-0.25, -0.2) is 0 Å². The van der Waals surface area contributed by atoms with Crippen LogP contribution in [0.3, 0.4) is 0 Å². The number of ether oxygens (including phenoxy) is 1. The van der Waals surface area contributed by atoms with E-state index in [1.807, 2.05) is 24.3 Å². The Bertz CT molecular complexity index is 1060. The van der Waals surface area contributed by atoms with Crippen molar-refractivity contribution < 1.29 is 9.53 Å². The second-order valence-electron chi connectivity index (χ2n) is 9.37. The number of piperidine rings is 1. The smallest absolute Gasteiger partial charge is 0.233 e. The molecule has 1 aromatic heterocycles. The van der Waals surface area contributed by atoms with Gasteiger partial charge in [-0.2, -0.15) is 0 Å². The van der Waals surface area contributed by atoms with Crippen LogP contribution in [0.5, 0.6) is 0 Å². The highest BCUT2D eigenvalue weighted by Gasteiger charge is 2.45. The number of amides is 1. The second kappa shape index (κ2) is 9.88. The van der Waals surface area contributed by atoms with Gasteiger partial charge in [0.05, 0.1) is 5.41 Å². The van der Waals surface area contributed by atoms with E-state index in [1.165, 1.54) is 5.56 Å². The molecule has 0 aliphatic carbocycles. The number of aromatic nitrogens is 1. The molecule has 4 heteroatoms. The molecule has 2 aliphatic rings. The zero-order valence-electron chi connectivity index (χ0n) is 19.2. The SMILES string of the molecule is O=C(N1CCC[C@H](c2cccc(Cc3ccccc3)n2)C1)C1(c2ccccc2)CCOCC1. The van der Waals surface area contributed by atoms with E-state index in [-0.39, 0.29) is 11.8 Å². The lowest BCUT2D eigenvalue weighted by Crippen LogP contribution is -2.52. The topological polar surface area (TPSA) is 42.4 Å². The standard InChI is InChI=1S/C29H32N2O2/c32-28(29(16-19-33-20-17-29)25-12-5-2-6-13-25)31-18-8-11-24(22-31)27-15-7-14-26(30-27)21-23-9-3-1-4-10-23/h1-7,9-10,12-15,24H,8,11,16-22H2/t24-/m0/s1. The van der Waals surface area contributed by atoms with Gasteiger partial charge in [0.15, 0.2) is 0 Å². The van der Waals surface area contributed by atoms with Crippen LogP contribution in [0.4, 0.5) is 0 Å². The molecule has 1 atom stereocenters. The fourth-order valence-electron chi connectivity index (χ4n) is 5.44. The lowest BCUT2D eigenvalue weighted by Gasteiger charge is -2.42. The Kier molecular flexibility index (Phi) is 6.54. The van der Waals surface area contributed by atoms with E-state index in [4.69, 9.17) is 9.72 Å². The molecule has 3 heterocycles. The second-order valence-corrected chi connectivity index (χ2v) is 9.37. The first-order valence-electron chi connectivity index (χ1n) is 12.2. The molecule has 0 saturated carbocycles. The summed E-state index contributed by atoms with van der Waals surface area (Å²) in [6, 6.07) is 27.2. The number of hydrogen-bond donors (Lipinski definition) is 0. The maximum Gasteiger partial charge on any atom is 0.233 e. The molecule has 1 amide bonds. The number of likely N-dealkylation sites (tertiary alicyclic amines) is 1. The maximum atomic E-state index is 14.0. The van der Waals surface area contributed by atoms with Gasteiger partial charge in [0, 0.05) is 50.0 Å². The molecule has 2 aliphatic heterocycles. The van der Waals surface area contributed by atoms with Gasteiger partial charge in [-0.05, 0) is 48.9 Å². The van der Waals surface area contributed by atoms with Crippen molar-refractivity contribution in [1.82, 2.24) is 9.88 Å². The zero-order chi connectivity index (χ0) is 22.5. The van der Waals surface area contributed by atoms with E-state index in [9.17, 15) is 4.79 Å². The molecule has 33 heavy (non-hydrogen) atoms. The molecule has 2 aromatic carbocycles. The molecule has 4 nitrogen and oxygen atoms in total. The summed E-state index contributed by atoms with van der Waals surface area (Å²) in [4.78, 5) is 21.1. The van der Waals surface area contributed by atoms with Gasteiger partial charge in [-0.15, -0.1) is 0 Å². The maximum absolute atomic E-state index is 14.0. The third kappa shape index (κ3) is 4.72. The van der Waals surface area contributed by atoms with E-state index in [0.717, 1.165) is 62.1 Å². The number of rotatable bonds is 5. The Morgan fingerprint density at radius 3 is 2.42 bits per heavy atom. The summed E-state index contributed by atoms with van der Waals surface area (Å²) < 4.78 is 5.66. The van der Waals surface area contributed by atoms with E-state index < -0.39 is 5.41 Å². The highest BCUT2D eigenvalue weighted by atomic mass is 16.5. The number of pyridine rings is 1.